The van der Waals surface area contributed by atoms with Crippen LogP contribution < -0.4 is 0 Å². The Morgan fingerprint density at radius 2 is 2.00 bits per heavy atom. The molecule has 90 valence electrons. The maximum absolute atomic E-state index is 11.1. The summed E-state index contributed by atoms with van der Waals surface area (Å²) in [5.41, 5.74) is 4.96. The van der Waals surface area contributed by atoms with Crippen molar-refractivity contribution in [2.45, 2.75) is 27.2 Å². The van der Waals surface area contributed by atoms with Crippen LogP contribution in [0.4, 0.5) is 0 Å². The van der Waals surface area contributed by atoms with Crippen LogP contribution in [-0.2, 0) is 4.79 Å². The average Bonchev–Trinajstić information content (AvgIpc) is 2.55. The minimum atomic E-state index is -0.718. The second-order valence-corrected chi connectivity index (χ2v) is 4.92. The molecule has 0 saturated carbocycles. The van der Waals surface area contributed by atoms with E-state index in [0.717, 1.165) is 6.42 Å². The highest BCUT2D eigenvalue weighted by molar-refractivity contribution is 5.71. The van der Waals surface area contributed by atoms with Crippen molar-refractivity contribution in [3.05, 3.63) is 46.6 Å². The molecule has 0 saturated heterocycles. The molecule has 17 heavy (non-hydrogen) atoms. The molecule has 2 atom stereocenters. The summed E-state index contributed by atoms with van der Waals surface area (Å²) in [5, 5.41) is 9.12. The summed E-state index contributed by atoms with van der Waals surface area (Å²) in [5.74, 6) is -0.964. The molecule has 0 spiro atoms. The highest BCUT2D eigenvalue weighted by atomic mass is 16.4. The number of rotatable bonds is 2. The summed E-state index contributed by atoms with van der Waals surface area (Å²) < 4.78 is 0. The Bertz CT molecular complexity index is 475. The molecular formula is C15H18O2. The molecule has 0 fully saturated rings. The lowest BCUT2D eigenvalue weighted by Gasteiger charge is -2.15. The Morgan fingerprint density at radius 3 is 2.65 bits per heavy atom. The molecule has 0 aromatic carbocycles. The highest BCUT2D eigenvalue weighted by Crippen LogP contribution is 2.37. The molecule has 0 heterocycles. The maximum atomic E-state index is 11.1. The van der Waals surface area contributed by atoms with E-state index in [1.54, 1.807) is 6.92 Å². The van der Waals surface area contributed by atoms with Crippen molar-refractivity contribution in [3.8, 4) is 0 Å². The van der Waals surface area contributed by atoms with E-state index in [2.05, 4.69) is 38.2 Å². The monoisotopic (exact) mass is 230 g/mol. The van der Waals surface area contributed by atoms with Gasteiger partial charge < -0.3 is 5.11 Å². The molecule has 0 unspecified atom stereocenters. The van der Waals surface area contributed by atoms with Gasteiger partial charge in [-0.1, -0.05) is 31.2 Å². The molecule has 0 aromatic heterocycles. The van der Waals surface area contributed by atoms with E-state index >= 15 is 0 Å². The van der Waals surface area contributed by atoms with Gasteiger partial charge in [-0.3, -0.25) is 4.79 Å². The Labute approximate surface area is 102 Å². The van der Waals surface area contributed by atoms with Gasteiger partial charge in [-0.05, 0) is 48.5 Å². The number of hydrogen-bond acceptors (Lipinski definition) is 1. The van der Waals surface area contributed by atoms with E-state index in [-0.39, 0.29) is 11.8 Å². The molecule has 2 rings (SSSR count). The lowest BCUT2D eigenvalue weighted by Crippen LogP contribution is -2.18. The van der Waals surface area contributed by atoms with E-state index in [0.29, 0.717) is 0 Å². The third-order valence-electron chi connectivity index (χ3n) is 3.75. The first-order valence-electron chi connectivity index (χ1n) is 6.01. The van der Waals surface area contributed by atoms with Gasteiger partial charge in [0.25, 0.3) is 0 Å². The predicted octanol–water partition coefficient (Wildman–Crippen LogP) is 3.49. The second-order valence-electron chi connectivity index (χ2n) is 4.92. The summed E-state index contributed by atoms with van der Waals surface area (Å²) in [4.78, 5) is 11.1. The van der Waals surface area contributed by atoms with Gasteiger partial charge in [-0.2, -0.15) is 0 Å². The van der Waals surface area contributed by atoms with E-state index in [4.69, 9.17) is 5.11 Å². The molecular weight excluding hydrogens is 212 g/mol. The third-order valence-corrected chi connectivity index (χ3v) is 3.75. The molecule has 0 amide bonds. The number of hydrogen-bond donors (Lipinski definition) is 1. The third kappa shape index (κ3) is 2.12. The molecule has 0 aliphatic heterocycles. The van der Waals surface area contributed by atoms with E-state index < -0.39 is 5.97 Å². The van der Waals surface area contributed by atoms with Gasteiger partial charge in [0.05, 0.1) is 5.92 Å². The molecule has 0 bridgehead atoms. The second kappa shape index (κ2) is 4.36. The Morgan fingerprint density at radius 1 is 1.29 bits per heavy atom. The van der Waals surface area contributed by atoms with Crippen molar-refractivity contribution < 1.29 is 9.90 Å². The minimum Gasteiger partial charge on any atom is -0.481 e. The van der Waals surface area contributed by atoms with Crippen LogP contribution in [0.25, 0.3) is 0 Å². The standard InChI is InChI=1S/C15H18O2/c1-9-4-6-12(11(3)15(16)17)8-14-10(2)5-7-13(9)14/h4-5,7-8,11-12H,6H2,1-3H3,(H,16,17)/t11-,12+/m0/s1. The molecule has 0 radical (unpaired) electrons. The van der Waals surface area contributed by atoms with Gasteiger partial charge in [-0.15, -0.1) is 0 Å². The average molecular weight is 230 g/mol. The van der Waals surface area contributed by atoms with Crippen molar-refractivity contribution in [2.24, 2.45) is 11.8 Å². The quantitative estimate of drug-likeness (QED) is 0.788. The van der Waals surface area contributed by atoms with Crippen LogP contribution in [-0.4, -0.2) is 11.1 Å². The van der Waals surface area contributed by atoms with Gasteiger partial charge in [0.15, 0.2) is 0 Å². The first-order valence-corrected chi connectivity index (χ1v) is 6.01. The fourth-order valence-electron chi connectivity index (χ4n) is 2.40. The van der Waals surface area contributed by atoms with E-state index in [9.17, 15) is 4.79 Å². The number of allylic oxidation sites excluding steroid dienone is 8. The number of fused-ring (bicyclic) bond motifs is 1. The maximum Gasteiger partial charge on any atom is 0.306 e. The first-order chi connectivity index (χ1) is 8.00. The smallest absolute Gasteiger partial charge is 0.306 e. The van der Waals surface area contributed by atoms with Crippen LogP contribution in [0.1, 0.15) is 27.2 Å². The minimum absolute atomic E-state index is 0.0878. The van der Waals surface area contributed by atoms with Gasteiger partial charge >= 0.3 is 5.97 Å². The fraction of sp³-hybridized carbons (Fsp3) is 0.400. The Kier molecular flexibility index (Phi) is 3.05. The van der Waals surface area contributed by atoms with Crippen molar-refractivity contribution in [3.63, 3.8) is 0 Å². The van der Waals surface area contributed by atoms with Crippen LogP contribution >= 0.6 is 0 Å². The van der Waals surface area contributed by atoms with Crippen molar-refractivity contribution >= 4 is 5.97 Å². The van der Waals surface area contributed by atoms with Gasteiger partial charge in [0.2, 0.25) is 0 Å². The molecule has 1 N–H and O–H groups in total. The summed E-state index contributed by atoms with van der Waals surface area (Å²) in [7, 11) is 0. The van der Waals surface area contributed by atoms with Crippen molar-refractivity contribution in [1.82, 2.24) is 0 Å². The zero-order valence-electron chi connectivity index (χ0n) is 10.5. The number of carbonyl (C=O) groups is 1. The zero-order chi connectivity index (χ0) is 12.6. The van der Waals surface area contributed by atoms with Gasteiger partial charge in [0.1, 0.15) is 0 Å². The number of carboxylic acids is 1. The van der Waals surface area contributed by atoms with E-state index in [1.165, 1.54) is 22.3 Å². The Balaban J connectivity index is 2.38. The van der Waals surface area contributed by atoms with Crippen LogP contribution in [0.3, 0.4) is 0 Å². The molecule has 0 aromatic rings. The summed E-state index contributed by atoms with van der Waals surface area (Å²) in [6.07, 6.45) is 9.34. The first kappa shape index (κ1) is 11.9. The normalized spacial score (nSPS) is 25.0. The SMILES string of the molecule is CC1=CC=C2C(C)=CC[C@@H]([C@H](C)C(=O)O)C=C12. The lowest BCUT2D eigenvalue weighted by atomic mass is 9.89. The summed E-state index contributed by atoms with van der Waals surface area (Å²) in [6, 6.07) is 0. The molecule has 2 aliphatic carbocycles. The molecule has 2 aliphatic rings. The largest absolute Gasteiger partial charge is 0.481 e. The topological polar surface area (TPSA) is 37.3 Å². The van der Waals surface area contributed by atoms with Crippen LogP contribution in [0, 0.1) is 11.8 Å². The lowest BCUT2D eigenvalue weighted by molar-refractivity contribution is -0.142. The Hall–Kier alpha value is -1.57. The van der Waals surface area contributed by atoms with Crippen LogP contribution in [0.15, 0.2) is 46.6 Å². The van der Waals surface area contributed by atoms with Crippen molar-refractivity contribution in [2.75, 3.05) is 0 Å². The van der Waals surface area contributed by atoms with Crippen molar-refractivity contribution in [1.29, 1.82) is 0 Å². The van der Waals surface area contributed by atoms with Crippen LogP contribution in [0.5, 0.6) is 0 Å². The molecule has 2 heteroatoms. The number of aliphatic carboxylic acids is 1. The molecule has 2 nitrogen and oxygen atoms in total. The van der Waals surface area contributed by atoms with E-state index in [1.807, 2.05) is 0 Å². The van der Waals surface area contributed by atoms with Gasteiger partial charge in [-0.25, -0.2) is 0 Å². The summed E-state index contributed by atoms with van der Waals surface area (Å²) >= 11 is 0. The number of carboxylic acid groups (broad SMARTS) is 1. The highest BCUT2D eigenvalue weighted by Gasteiger charge is 2.25. The summed E-state index contributed by atoms with van der Waals surface area (Å²) in [6.45, 7) is 5.96. The fourth-order valence-corrected chi connectivity index (χ4v) is 2.40. The predicted molar refractivity (Wildman–Crippen MR) is 68.6 cm³/mol. The van der Waals surface area contributed by atoms with Gasteiger partial charge in [0, 0.05) is 0 Å². The zero-order valence-corrected chi connectivity index (χ0v) is 10.5. The van der Waals surface area contributed by atoms with Crippen LogP contribution in [0.2, 0.25) is 0 Å².